The largest absolute Gasteiger partial charge is 0.349 e. The van der Waals surface area contributed by atoms with Crippen LogP contribution in [-0.2, 0) is 23.2 Å². The zero-order valence-electron chi connectivity index (χ0n) is 12.9. The van der Waals surface area contributed by atoms with Gasteiger partial charge in [-0.25, -0.2) is 0 Å². The van der Waals surface area contributed by atoms with Gasteiger partial charge in [0, 0.05) is 19.0 Å². The fourth-order valence-corrected chi connectivity index (χ4v) is 2.31. The molecule has 6 nitrogen and oxygen atoms in total. The van der Waals surface area contributed by atoms with E-state index in [2.05, 4.69) is 17.0 Å². The van der Waals surface area contributed by atoms with Crippen molar-refractivity contribution in [2.24, 2.45) is 7.05 Å². The molecule has 116 valence electrons. The van der Waals surface area contributed by atoms with Crippen molar-refractivity contribution in [3.05, 3.63) is 42.6 Å². The molecular weight excluding hydrogens is 280 g/mol. The lowest BCUT2D eigenvalue weighted by atomic mass is 10.2. The Balaban J connectivity index is 2.01. The minimum absolute atomic E-state index is 0.0200. The Morgan fingerprint density at radius 1 is 1.41 bits per heavy atom. The van der Waals surface area contributed by atoms with Gasteiger partial charge in [0.05, 0.1) is 24.3 Å². The summed E-state index contributed by atoms with van der Waals surface area (Å²) in [5.41, 5.74) is 1.83. The Bertz CT molecular complexity index is 705. The summed E-state index contributed by atoms with van der Waals surface area (Å²) in [6.45, 7) is 6.07. The van der Waals surface area contributed by atoms with Crippen LogP contribution in [0.4, 0.5) is 0 Å². The summed E-state index contributed by atoms with van der Waals surface area (Å²) in [6.07, 6.45) is 1.21. The van der Waals surface area contributed by atoms with Gasteiger partial charge < -0.3 is 10.2 Å². The highest BCUT2D eigenvalue weighted by atomic mass is 16.2. The molecule has 1 aromatic heterocycles. The Labute approximate surface area is 129 Å². The first kappa shape index (κ1) is 15.8. The molecule has 0 radical (unpaired) electrons. The van der Waals surface area contributed by atoms with Crippen LogP contribution < -0.4 is 5.32 Å². The van der Waals surface area contributed by atoms with Gasteiger partial charge in [0.1, 0.15) is 0 Å². The minimum Gasteiger partial charge on any atom is -0.349 e. The summed E-state index contributed by atoms with van der Waals surface area (Å²) in [5, 5.41) is 8.24. The SMILES string of the molecule is C=CC(=O)N(CC)CC(=O)NCc1nn(C)c2ccccc12. The highest BCUT2D eigenvalue weighted by molar-refractivity contribution is 5.91. The number of rotatable bonds is 6. The second-order valence-corrected chi connectivity index (χ2v) is 4.92. The lowest BCUT2D eigenvalue weighted by Gasteiger charge is -2.18. The first-order valence-corrected chi connectivity index (χ1v) is 7.15. The summed E-state index contributed by atoms with van der Waals surface area (Å²) in [6, 6.07) is 7.85. The van der Waals surface area contributed by atoms with Gasteiger partial charge >= 0.3 is 0 Å². The Morgan fingerprint density at radius 3 is 2.82 bits per heavy atom. The first-order chi connectivity index (χ1) is 10.6. The van der Waals surface area contributed by atoms with Crippen LogP contribution in [0, 0.1) is 0 Å². The van der Waals surface area contributed by atoms with Gasteiger partial charge in [-0.2, -0.15) is 5.10 Å². The maximum absolute atomic E-state index is 12.0. The van der Waals surface area contributed by atoms with E-state index in [1.165, 1.54) is 11.0 Å². The fourth-order valence-electron chi connectivity index (χ4n) is 2.31. The normalized spacial score (nSPS) is 10.5. The zero-order valence-corrected chi connectivity index (χ0v) is 12.9. The summed E-state index contributed by atoms with van der Waals surface area (Å²) in [5.74, 6) is -0.465. The van der Waals surface area contributed by atoms with Crippen LogP contribution in [0.5, 0.6) is 0 Å². The zero-order chi connectivity index (χ0) is 16.1. The van der Waals surface area contributed by atoms with Crippen LogP contribution in [0.1, 0.15) is 12.6 Å². The van der Waals surface area contributed by atoms with E-state index >= 15 is 0 Å². The molecule has 0 fully saturated rings. The number of amides is 2. The maximum Gasteiger partial charge on any atom is 0.246 e. The molecule has 1 heterocycles. The summed E-state index contributed by atoms with van der Waals surface area (Å²) in [7, 11) is 1.87. The Hall–Kier alpha value is -2.63. The highest BCUT2D eigenvalue weighted by Crippen LogP contribution is 2.16. The molecule has 0 aliphatic heterocycles. The number of para-hydroxylation sites is 1. The standard InChI is InChI=1S/C16H20N4O2/c1-4-16(22)20(5-2)11-15(21)17-10-13-12-8-6-7-9-14(12)19(3)18-13/h4,6-9H,1,5,10-11H2,2-3H3,(H,17,21). The molecular formula is C16H20N4O2. The number of aromatic nitrogens is 2. The summed E-state index contributed by atoms with van der Waals surface area (Å²) >= 11 is 0. The van der Waals surface area contributed by atoms with E-state index in [4.69, 9.17) is 0 Å². The summed E-state index contributed by atoms with van der Waals surface area (Å²) < 4.78 is 1.79. The van der Waals surface area contributed by atoms with Crippen molar-refractivity contribution in [3.63, 3.8) is 0 Å². The van der Waals surface area contributed by atoms with Crippen molar-refractivity contribution >= 4 is 22.7 Å². The number of nitrogens with one attached hydrogen (secondary N) is 1. The van der Waals surface area contributed by atoms with Gasteiger partial charge in [-0.15, -0.1) is 0 Å². The molecule has 0 saturated heterocycles. The maximum atomic E-state index is 12.0. The number of benzene rings is 1. The molecule has 0 saturated carbocycles. The monoisotopic (exact) mass is 300 g/mol. The van der Waals surface area contributed by atoms with Crippen molar-refractivity contribution < 1.29 is 9.59 Å². The predicted octanol–water partition coefficient (Wildman–Crippen LogP) is 1.22. The van der Waals surface area contributed by atoms with E-state index in [1.807, 2.05) is 38.2 Å². The van der Waals surface area contributed by atoms with E-state index in [-0.39, 0.29) is 18.4 Å². The van der Waals surface area contributed by atoms with Gasteiger partial charge in [-0.3, -0.25) is 14.3 Å². The quantitative estimate of drug-likeness (QED) is 0.816. The predicted molar refractivity (Wildman–Crippen MR) is 85.0 cm³/mol. The molecule has 0 spiro atoms. The van der Waals surface area contributed by atoms with Crippen LogP contribution in [0.25, 0.3) is 10.9 Å². The molecule has 1 N–H and O–H groups in total. The van der Waals surface area contributed by atoms with Crippen molar-refractivity contribution in [1.82, 2.24) is 20.0 Å². The van der Waals surface area contributed by atoms with E-state index in [0.717, 1.165) is 16.6 Å². The van der Waals surface area contributed by atoms with Gasteiger partial charge in [-0.05, 0) is 19.1 Å². The van der Waals surface area contributed by atoms with Gasteiger partial charge in [0.15, 0.2) is 0 Å². The number of nitrogens with zero attached hydrogens (tertiary/aromatic N) is 3. The second kappa shape index (κ2) is 6.89. The number of fused-ring (bicyclic) bond motifs is 1. The third kappa shape index (κ3) is 3.33. The molecule has 0 bridgehead atoms. The highest BCUT2D eigenvalue weighted by Gasteiger charge is 2.14. The van der Waals surface area contributed by atoms with Gasteiger partial charge in [-0.1, -0.05) is 24.8 Å². The molecule has 0 atom stereocenters. The number of hydrogen-bond donors (Lipinski definition) is 1. The molecule has 2 amide bonds. The van der Waals surface area contributed by atoms with E-state index < -0.39 is 0 Å². The van der Waals surface area contributed by atoms with E-state index in [0.29, 0.717) is 13.1 Å². The van der Waals surface area contributed by atoms with E-state index in [9.17, 15) is 9.59 Å². The second-order valence-electron chi connectivity index (χ2n) is 4.92. The average Bonchev–Trinajstić information content (AvgIpc) is 2.86. The van der Waals surface area contributed by atoms with Crippen LogP contribution in [0.2, 0.25) is 0 Å². The van der Waals surface area contributed by atoms with Crippen LogP contribution >= 0.6 is 0 Å². The molecule has 2 rings (SSSR count). The van der Waals surface area contributed by atoms with Crippen LogP contribution in [0.3, 0.4) is 0 Å². The number of carbonyl (C=O) groups excluding carboxylic acids is 2. The van der Waals surface area contributed by atoms with Crippen molar-refractivity contribution in [2.45, 2.75) is 13.5 Å². The Morgan fingerprint density at radius 2 is 2.14 bits per heavy atom. The fraction of sp³-hybridized carbons (Fsp3) is 0.312. The number of likely N-dealkylation sites (N-methyl/N-ethyl adjacent to an activating group) is 1. The van der Waals surface area contributed by atoms with Crippen molar-refractivity contribution in [1.29, 1.82) is 0 Å². The lowest BCUT2D eigenvalue weighted by molar-refractivity contribution is -0.132. The molecule has 6 heteroatoms. The van der Waals surface area contributed by atoms with Crippen LogP contribution in [0.15, 0.2) is 36.9 Å². The third-order valence-electron chi connectivity index (χ3n) is 3.49. The minimum atomic E-state index is -0.249. The molecule has 0 aliphatic carbocycles. The summed E-state index contributed by atoms with van der Waals surface area (Å²) in [4.78, 5) is 24.9. The van der Waals surface area contributed by atoms with Crippen molar-refractivity contribution in [3.8, 4) is 0 Å². The van der Waals surface area contributed by atoms with Gasteiger partial charge in [0.25, 0.3) is 0 Å². The molecule has 0 unspecified atom stereocenters. The van der Waals surface area contributed by atoms with E-state index in [1.54, 1.807) is 4.68 Å². The number of aryl methyl sites for hydroxylation is 1. The molecule has 2 aromatic rings. The number of hydrogen-bond acceptors (Lipinski definition) is 3. The third-order valence-corrected chi connectivity index (χ3v) is 3.49. The first-order valence-electron chi connectivity index (χ1n) is 7.15. The van der Waals surface area contributed by atoms with Crippen LogP contribution in [-0.4, -0.2) is 39.6 Å². The van der Waals surface area contributed by atoms with Gasteiger partial charge in [0.2, 0.25) is 11.8 Å². The molecule has 1 aromatic carbocycles. The lowest BCUT2D eigenvalue weighted by Crippen LogP contribution is -2.39. The van der Waals surface area contributed by atoms with Crippen molar-refractivity contribution in [2.75, 3.05) is 13.1 Å². The average molecular weight is 300 g/mol. The Kier molecular flexibility index (Phi) is 4.93. The smallest absolute Gasteiger partial charge is 0.246 e. The topological polar surface area (TPSA) is 67.2 Å². The molecule has 22 heavy (non-hydrogen) atoms. The molecule has 0 aliphatic rings. The number of carbonyl (C=O) groups is 2.